The van der Waals surface area contributed by atoms with Gasteiger partial charge in [0.05, 0.1) is 18.1 Å². The van der Waals surface area contributed by atoms with E-state index in [0.29, 0.717) is 42.2 Å². The second-order valence-electron chi connectivity index (χ2n) is 9.81. The van der Waals surface area contributed by atoms with Gasteiger partial charge in [0.2, 0.25) is 0 Å². The smallest absolute Gasteiger partial charge is 0.336 e. The maximum absolute atomic E-state index is 13.8. The summed E-state index contributed by atoms with van der Waals surface area (Å²) in [5.74, 6) is -0.0511. The largest absolute Gasteiger partial charge is 0.494 e. The number of aliphatic imine (C=N–C) groups is 1. The van der Waals surface area contributed by atoms with Gasteiger partial charge in [-0.15, -0.1) is 0 Å². The molecule has 200 valence electrons. The standard InChI is InChI=1S/C33H33NO5/c1-3-37-29-17-11-10-16-26(29)31-30(33(36)39-19-18-38-25-14-8-5-9-15-25)22(2)34-27-20-24(21-28(35)32(27)31)23-12-6-4-7-13-23/h4-17,24,31-32H,3,18-21H2,1-2H3/t24-,31+,32?/m0/s1. The molecule has 0 spiro atoms. The molecule has 3 atom stereocenters. The Bertz CT molecular complexity index is 1380. The molecular weight excluding hydrogens is 490 g/mol. The van der Waals surface area contributed by atoms with Gasteiger partial charge in [0.1, 0.15) is 30.5 Å². The van der Waals surface area contributed by atoms with Crippen molar-refractivity contribution in [2.24, 2.45) is 10.9 Å². The van der Waals surface area contributed by atoms with Crippen LogP contribution in [-0.4, -0.2) is 37.3 Å². The maximum Gasteiger partial charge on any atom is 0.336 e. The molecule has 1 saturated carbocycles. The van der Waals surface area contributed by atoms with E-state index in [0.717, 1.165) is 16.8 Å². The Labute approximate surface area is 229 Å². The SMILES string of the molecule is CCOc1ccccc1[C@@H]1C(C(=O)OCCOc2ccccc2)=C(C)N=C2C[C@H](c3ccccc3)CC(=O)C21. The van der Waals surface area contributed by atoms with Gasteiger partial charge in [0, 0.05) is 29.3 Å². The third-order valence-corrected chi connectivity index (χ3v) is 7.33. The van der Waals surface area contributed by atoms with Gasteiger partial charge in [0.25, 0.3) is 0 Å². The minimum atomic E-state index is -0.543. The molecule has 0 N–H and O–H groups in total. The molecule has 1 aliphatic carbocycles. The van der Waals surface area contributed by atoms with E-state index in [4.69, 9.17) is 19.2 Å². The number of carbonyl (C=O) groups is 2. The molecule has 0 radical (unpaired) electrons. The van der Waals surface area contributed by atoms with Gasteiger partial charge < -0.3 is 14.2 Å². The van der Waals surface area contributed by atoms with Gasteiger partial charge in [0.15, 0.2) is 0 Å². The molecule has 6 nitrogen and oxygen atoms in total. The molecular formula is C33H33NO5. The van der Waals surface area contributed by atoms with Crippen LogP contribution in [-0.2, 0) is 14.3 Å². The molecule has 0 bridgehead atoms. The molecule has 1 unspecified atom stereocenters. The van der Waals surface area contributed by atoms with E-state index >= 15 is 0 Å². The van der Waals surface area contributed by atoms with E-state index in [2.05, 4.69) is 12.1 Å². The highest BCUT2D eigenvalue weighted by atomic mass is 16.6. The summed E-state index contributed by atoms with van der Waals surface area (Å²) in [6, 6.07) is 27.1. The maximum atomic E-state index is 13.8. The van der Waals surface area contributed by atoms with Crippen LogP contribution in [0.15, 0.2) is 101 Å². The monoisotopic (exact) mass is 523 g/mol. The number of carbonyl (C=O) groups excluding carboxylic acids is 2. The molecule has 1 aliphatic heterocycles. The summed E-state index contributed by atoms with van der Waals surface area (Å²) in [6.07, 6.45) is 1.06. The predicted molar refractivity (Wildman–Crippen MR) is 150 cm³/mol. The summed E-state index contributed by atoms with van der Waals surface area (Å²) < 4.78 is 17.3. The van der Waals surface area contributed by atoms with Crippen molar-refractivity contribution in [1.29, 1.82) is 0 Å². The number of esters is 1. The Balaban J connectivity index is 1.46. The number of hydrogen-bond acceptors (Lipinski definition) is 6. The lowest BCUT2D eigenvalue weighted by molar-refractivity contribution is -0.140. The third kappa shape index (κ3) is 5.80. The number of Topliss-reactive ketones (excluding diaryl/α,β-unsaturated/α-hetero) is 1. The van der Waals surface area contributed by atoms with Crippen molar-refractivity contribution in [1.82, 2.24) is 0 Å². The van der Waals surface area contributed by atoms with Gasteiger partial charge in [-0.1, -0.05) is 66.7 Å². The van der Waals surface area contributed by atoms with Gasteiger partial charge >= 0.3 is 5.97 Å². The molecule has 3 aromatic rings. The van der Waals surface area contributed by atoms with Gasteiger partial charge in [-0.25, -0.2) is 4.79 Å². The highest BCUT2D eigenvalue weighted by Gasteiger charge is 2.46. The minimum Gasteiger partial charge on any atom is -0.494 e. The third-order valence-electron chi connectivity index (χ3n) is 7.33. The average Bonchev–Trinajstić information content (AvgIpc) is 2.96. The first kappa shape index (κ1) is 26.4. The lowest BCUT2D eigenvalue weighted by atomic mass is 9.66. The van der Waals surface area contributed by atoms with Crippen LogP contribution >= 0.6 is 0 Å². The molecule has 39 heavy (non-hydrogen) atoms. The van der Waals surface area contributed by atoms with Crippen molar-refractivity contribution < 1.29 is 23.8 Å². The summed E-state index contributed by atoms with van der Waals surface area (Å²) in [5, 5.41) is 0. The number of allylic oxidation sites excluding steroid dienone is 1. The summed E-state index contributed by atoms with van der Waals surface area (Å²) in [7, 11) is 0. The molecule has 1 fully saturated rings. The lowest BCUT2D eigenvalue weighted by Gasteiger charge is -2.38. The fraction of sp³-hybridized carbons (Fsp3) is 0.303. The first-order valence-corrected chi connectivity index (χ1v) is 13.5. The van der Waals surface area contributed by atoms with Crippen LogP contribution in [0.3, 0.4) is 0 Å². The zero-order valence-electron chi connectivity index (χ0n) is 22.3. The van der Waals surface area contributed by atoms with Crippen LogP contribution in [0.2, 0.25) is 0 Å². The Morgan fingerprint density at radius 2 is 1.54 bits per heavy atom. The average molecular weight is 524 g/mol. The van der Waals surface area contributed by atoms with Crippen molar-refractivity contribution in [2.75, 3.05) is 19.8 Å². The number of hydrogen-bond donors (Lipinski definition) is 0. The highest BCUT2D eigenvalue weighted by molar-refractivity contribution is 6.12. The summed E-state index contributed by atoms with van der Waals surface area (Å²) >= 11 is 0. The Hall–Kier alpha value is -4.19. The van der Waals surface area contributed by atoms with Crippen molar-refractivity contribution in [3.05, 3.63) is 107 Å². The fourth-order valence-corrected chi connectivity index (χ4v) is 5.65. The number of rotatable bonds is 9. The van der Waals surface area contributed by atoms with Crippen molar-refractivity contribution in [3.63, 3.8) is 0 Å². The fourth-order valence-electron chi connectivity index (χ4n) is 5.65. The second kappa shape index (κ2) is 12.1. The normalized spacial score (nSPS) is 20.6. The topological polar surface area (TPSA) is 74.2 Å². The Morgan fingerprint density at radius 1 is 0.846 bits per heavy atom. The zero-order chi connectivity index (χ0) is 27.2. The summed E-state index contributed by atoms with van der Waals surface area (Å²) in [4.78, 5) is 32.3. The minimum absolute atomic E-state index is 0.0629. The molecule has 2 aliphatic rings. The number of benzene rings is 3. The Kier molecular flexibility index (Phi) is 8.21. The van der Waals surface area contributed by atoms with Crippen molar-refractivity contribution in [2.45, 2.75) is 38.5 Å². The van der Waals surface area contributed by atoms with Crippen molar-refractivity contribution in [3.8, 4) is 11.5 Å². The highest BCUT2D eigenvalue weighted by Crippen LogP contribution is 2.48. The summed E-state index contributed by atoms with van der Waals surface area (Å²) in [5.41, 5.74) is 3.73. The Morgan fingerprint density at radius 3 is 2.28 bits per heavy atom. The molecule has 0 saturated heterocycles. The van der Waals surface area contributed by atoms with Crippen LogP contribution in [0.5, 0.6) is 11.5 Å². The van der Waals surface area contributed by atoms with E-state index in [1.54, 1.807) is 0 Å². The first-order valence-electron chi connectivity index (χ1n) is 13.5. The van der Waals surface area contributed by atoms with Gasteiger partial charge in [-0.05, 0) is 49.9 Å². The van der Waals surface area contributed by atoms with Gasteiger partial charge in [-0.2, -0.15) is 0 Å². The zero-order valence-corrected chi connectivity index (χ0v) is 22.3. The van der Waals surface area contributed by atoms with E-state index in [-0.39, 0.29) is 24.9 Å². The number of fused-ring (bicyclic) bond motifs is 1. The van der Waals surface area contributed by atoms with Crippen LogP contribution in [0.4, 0.5) is 0 Å². The molecule has 6 heteroatoms. The van der Waals surface area contributed by atoms with E-state index in [1.807, 2.05) is 86.6 Å². The molecule has 0 amide bonds. The first-order chi connectivity index (χ1) is 19.1. The van der Waals surface area contributed by atoms with Crippen molar-refractivity contribution >= 4 is 17.5 Å². The van der Waals surface area contributed by atoms with E-state index < -0.39 is 17.8 Å². The summed E-state index contributed by atoms with van der Waals surface area (Å²) in [6.45, 7) is 4.52. The molecule has 3 aromatic carbocycles. The number of ketones is 1. The van der Waals surface area contributed by atoms with E-state index in [9.17, 15) is 9.59 Å². The number of ether oxygens (including phenoxy) is 3. The second-order valence-corrected chi connectivity index (χ2v) is 9.81. The predicted octanol–water partition coefficient (Wildman–Crippen LogP) is 6.28. The van der Waals surface area contributed by atoms with Crippen LogP contribution < -0.4 is 9.47 Å². The quantitative estimate of drug-likeness (QED) is 0.244. The van der Waals surface area contributed by atoms with Crippen LogP contribution in [0.25, 0.3) is 0 Å². The number of nitrogens with zero attached hydrogens (tertiary/aromatic N) is 1. The van der Waals surface area contributed by atoms with Crippen LogP contribution in [0, 0.1) is 5.92 Å². The number of para-hydroxylation sites is 2. The van der Waals surface area contributed by atoms with E-state index in [1.165, 1.54) is 0 Å². The van der Waals surface area contributed by atoms with Gasteiger partial charge in [-0.3, -0.25) is 9.79 Å². The molecule has 5 rings (SSSR count). The molecule has 1 heterocycles. The van der Waals surface area contributed by atoms with Crippen LogP contribution in [0.1, 0.15) is 49.7 Å². The molecule has 0 aromatic heterocycles. The lowest BCUT2D eigenvalue weighted by Crippen LogP contribution is -2.41.